The second-order valence-electron chi connectivity index (χ2n) is 5.57. The second kappa shape index (κ2) is 8.88. The van der Waals surface area contributed by atoms with Crippen LogP contribution in [0.2, 0.25) is 0 Å². The Kier molecular flexibility index (Phi) is 6.54. The average molecular weight is 315 g/mol. The molecule has 0 spiro atoms. The van der Waals surface area contributed by atoms with E-state index in [0.29, 0.717) is 12.6 Å². The lowest BCUT2D eigenvalue weighted by Gasteiger charge is -2.15. The highest BCUT2D eigenvalue weighted by Crippen LogP contribution is 2.11. The van der Waals surface area contributed by atoms with Gasteiger partial charge in [-0.1, -0.05) is 12.1 Å². The van der Waals surface area contributed by atoms with Crippen molar-refractivity contribution < 1.29 is 9.15 Å². The Labute approximate surface area is 137 Å². The van der Waals surface area contributed by atoms with Gasteiger partial charge in [0.1, 0.15) is 11.5 Å². The van der Waals surface area contributed by atoms with Crippen molar-refractivity contribution in [2.45, 2.75) is 32.9 Å². The van der Waals surface area contributed by atoms with Crippen molar-refractivity contribution >= 4 is 5.96 Å². The Hall–Kier alpha value is -2.43. The molecule has 5 heteroatoms. The molecular formula is C18H25N3O2. The van der Waals surface area contributed by atoms with Crippen LogP contribution in [0.15, 0.2) is 52.1 Å². The van der Waals surface area contributed by atoms with E-state index in [0.717, 1.165) is 36.0 Å². The lowest BCUT2D eigenvalue weighted by molar-refractivity contribution is 0.414. The van der Waals surface area contributed by atoms with Crippen LogP contribution in [0.25, 0.3) is 0 Å². The van der Waals surface area contributed by atoms with Crippen molar-refractivity contribution in [1.82, 2.24) is 10.6 Å². The number of guanidine groups is 1. The summed E-state index contributed by atoms with van der Waals surface area (Å²) in [4.78, 5) is 4.63. The summed E-state index contributed by atoms with van der Waals surface area (Å²) in [7, 11) is 1.67. The molecule has 0 radical (unpaired) electrons. The Morgan fingerprint density at radius 1 is 1.22 bits per heavy atom. The predicted octanol–water partition coefficient (Wildman–Crippen LogP) is 2.97. The molecule has 1 aromatic carbocycles. The first-order valence-electron chi connectivity index (χ1n) is 7.87. The van der Waals surface area contributed by atoms with Crippen LogP contribution in [0.5, 0.6) is 5.75 Å². The molecule has 0 amide bonds. The summed E-state index contributed by atoms with van der Waals surface area (Å²) in [6, 6.07) is 12.2. The smallest absolute Gasteiger partial charge is 0.191 e. The molecule has 0 bridgehead atoms. The van der Waals surface area contributed by atoms with Crippen LogP contribution in [0, 0.1) is 0 Å². The molecular weight excluding hydrogens is 290 g/mol. The monoisotopic (exact) mass is 315 g/mol. The van der Waals surface area contributed by atoms with Gasteiger partial charge in [0.2, 0.25) is 0 Å². The van der Waals surface area contributed by atoms with Crippen molar-refractivity contribution in [2.24, 2.45) is 4.99 Å². The molecule has 0 aliphatic heterocycles. The Balaban J connectivity index is 1.89. The zero-order valence-electron chi connectivity index (χ0n) is 14.0. The number of hydrogen-bond acceptors (Lipinski definition) is 3. The summed E-state index contributed by atoms with van der Waals surface area (Å²) in [5, 5.41) is 6.67. The number of nitrogens with zero attached hydrogens (tertiary/aromatic N) is 1. The normalized spacial score (nSPS) is 11.6. The molecule has 1 heterocycles. The van der Waals surface area contributed by atoms with Crippen molar-refractivity contribution in [3.63, 3.8) is 0 Å². The molecule has 124 valence electrons. The van der Waals surface area contributed by atoms with Gasteiger partial charge in [0.15, 0.2) is 5.96 Å². The molecule has 2 N–H and O–H groups in total. The van der Waals surface area contributed by atoms with E-state index in [-0.39, 0.29) is 0 Å². The van der Waals surface area contributed by atoms with Gasteiger partial charge in [0.05, 0.1) is 19.9 Å². The maximum atomic E-state index is 5.34. The molecule has 0 unspecified atom stereocenters. The van der Waals surface area contributed by atoms with E-state index >= 15 is 0 Å². The Morgan fingerprint density at radius 3 is 2.61 bits per heavy atom. The van der Waals surface area contributed by atoms with E-state index in [2.05, 4.69) is 29.5 Å². The van der Waals surface area contributed by atoms with Gasteiger partial charge in [-0.25, -0.2) is 4.99 Å². The molecule has 0 saturated carbocycles. The third-order valence-corrected chi connectivity index (χ3v) is 3.25. The van der Waals surface area contributed by atoms with Crippen molar-refractivity contribution in [2.75, 3.05) is 13.7 Å². The fourth-order valence-electron chi connectivity index (χ4n) is 2.09. The third kappa shape index (κ3) is 6.06. The van der Waals surface area contributed by atoms with Gasteiger partial charge in [0, 0.05) is 19.0 Å². The molecule has 0 saturated heterocycles. The molecule has 1 aromatic heterocycles. The first-order chi connectivity index (χ1) is 11.2. The van der Waals surface area contributed by atoms with Crippen LogP contribution in [0.4, 0.5) is 0 Å². The van der Waals surface area contributed by atoms with E-state index in [4.69, 9.17) is 9.15 Å². The van der Waals surface area contributed by atoms with Gasteiger partial charge in [0.25, 0.3) is 0 Å². The van der Waals surface area contributed by atoms with Crippen LogP contribution >= 0.6 is 0 Å². The van der Waals surface area contributed by atoms with Gasteiger partial charge in [-0.05, 0) is 43.7 Å². The fourth-order valence-corrected chi connectivity index (χ4v) is 2.09. The van der Waals surface area contributed by atoms with Gasteiger partial charge >= 0.3 is 0 Å². The van der Waals surface area contributed by atoms with Gasteiger partial charge in [-0.2, -0.15) is 0 Å². The first kappa shape index (κ1) is 16.9. The van der Waals surface area contributed by atoms with Gasteiger partial charge in [-0.15, -0.1) is 0 Å². The Bertz CT molecular complexity index is 589. The minimum atomic E-state index is 0.320. The summed E-state index contributed by atoms with van der Waals surface area (Å²) < 4.78 is 10.5. The SMILES string of the molecule is COc1ccc(CN=C(NCCc2ccco2)NC(C)C)cc1. The highest BCUT2D eigenvalue weighted by atomic mass is 16.5. The maximum Gasteiger partial charge on any atom is 0.191 e. The molecule has 2 rings (SSSR count). The van der Waals surface area contributed by atoms with Crippen LogP contribution in [-0.4, -0.2) is 25.7 Å². The number of benzene rings is 1. The quantitative estimate of drug-likeness (QED) is 0.609. The molecule has 0 atom stereocenters. The van der Waals surface area contributed by atoms with Crippen molar-refractivity contribution in [3.8, 4) is 5.75 Å². The summed E-state index contributed by atoms with van der Waals surface area (Å²) in [6.07, 6.45) is 2.52. The summed E-state index contributed by atoms with van der Waals surface area (Å²) in [5.74, 6) is 2.63. The van der Waals surface area contributed by atoms with Crippen molar-refractivity contribution in [1.29, 1.82) is 0 Å². The van der Waals surface area contributed by atoms with E-state index < -0.39 is 0 Å². The Morgan fingerprint density at radius 2 is 2.00 bits per heavy atom. The molecule has 0 fully saturated rings. The van der Waals surface area contributed by atoms with E-state index in [9.17, 15) is 0 Å². The minimum Gasteiger partial charge on any atom is -0.497 e. The summed E-state index contributed by atoms with van der Waals surface area (Å²) in [6.45, 7) is 5.58. The third-order valence-electron chi connectivity index (χ3n) is 3.25. The lowest BCUT2D eigenvalue weighted by atomic mass is 10.2. The predicted molar refractivity (Wildman–Crippen MR) is 92.8 cm³/mol. The number of nitrogens with one attached hydrogen (secondary N) is 2. The van der Waals surface area contributed by atoms with E-state index in [1.807, 2.05) is 36.4 Å². The highest BCUT2D eigenvalue weighted by molar-refractivity contribution is 5.80. The standard InChI is InChI=1S/C18H25N3O2/c1-14(2)21-18(19-11-10-17-5-4-12-23-17)20-13-15-6-8-16(22-3)9-7-15/h4-9,12,14H,10-11,13H2,1-3H3,(H2,19,20,21). The maximum absolute atomic E-state index is 5.34. The van der Waals surface area contributed by atoms with Crippen LogP contribution in [0.1, 0.15) is 25.2 Å². The van der Waals surface area contributed by atoms with E-state index in [1.54, 1.807) is 13.4 Å². The fraction of sp³-hybridized carbons (Fsp3) is 0.389. The van der Waals surface area contributed by atoms with Gasteiger partial charge < -0.3 is 19.8 Å². The number of aliphatic imine (C=N–C) groups is 1. The highest BCUT2D eigenvalue weighted by Gasteiger charge is 2.02. The van der Waals surface area contributed by atoms with Gasteiger partial charge in [-0.3, -0.25) is 0 Å². The second-order valence-corrected chi connectivity index (χ2v) is 5.57. The molecule has 5 nitrogen and oxygen atoms in total. The summed E-state index contributed by atoms with van der Waals surface area (Å²) in [5.41, 5.74) is 1.14. The van der Waals surface area contributed by atoms with Crippen LogP contribution in [0.3, 0.4) is 0 Å². The number of methoxy groups -OCH3 is 1. The minimum absolute atomic E-state index is 0.320. The van der Waals surface area contributed by atoms with Crippen LogP contribution in [-0.2, 0) is 13.0 Å². The number of furan rings is 1. The number of rotatable bonds is 7. The summed E-state index contributed by atoms with van der Waals surface area (Å²) >= 11 is 0. The molecule has 0 aliphatic carbocycles. The topological polar surface area (TPSA) is 58.8 Å². The average Bonchev–Trinajstić information content (AvgIpc) is 3.06. The zero-order valence-corrected chi connectivity index (χ0v) is 14.0. The first-order valence-corrected chi connectivity index (χ1v) is 7.87. The molecule has 0 aliphatic rings. The lowest BCUT2D eigenvalue weighted by Crippen LogP contribution is -2.41. The molecule has 2 aromatic rings. The largest absolute Gasteiger partial charge is 0.497 e. The van der Waals surface area contributed by atoms with Crippen LogP contribution < -0.4 is 15.4 Å². The number of hydrogen-bond donors (Lipinski definition) is 2. The zero-order chi connectivity index (χ0) is 16.5. The van der Waals surface area contributed by atoms with Crippen molar-refractivity contribution in [3.05, 3.63) is 54.0 Å². The van der Waals surface area contributed by atoms with E-state index in [1.165, 1.54) is 0 Å². The molecule has 23 heavy (non-hydrogen) atoms. The number of ether oxygens (including phenoxy) is 1.